The van der Waals surface area contributed by atoms with Gasteiger partial charge in [0.15, 0.2) is 0 Å². The molecule has 2 saturated heterocycles. The van der Waals surface area contributed by atoms with Gasteiger partial charge in [-0.2, -0.15) is 0 Å². The maximum atomic E-state index is 11.9. The quantitative estimate of drug-likeness (QED) is 0.807. The zero-order valence-corrected chi connectivity index (χ0v) is 10.8. The normalized spacial score (nSPS) is 28.0. The molecule has 4 heteroatoms. The average Bonchev–Trinajstić information content (AvgIpc) is 2.25. The van der Waals surface area contributed by atoms with Crippen molar-refractivity contribution in [1.29, 1.82) is 0 Å². The lowest BCUT2D eigenvalue weighted by Gasteiger charge is -2.49. The van der Waals surface area contributed by atoms with Gasteiger partial charge in [-0.1, -0.05) is 13.8 Å². The van der Waals surface area contributed by atoms with E-state index in [1.165, 1.54) is 0 Å². The molecule has 0 aliphatic carbocycles. The Labute approximate surface area is 103 Å². The van der Waals surface area contributed by atoms with Gasteiger partial charge in [-0.05, 0) is 25.2 Å². The molecule has 1 atom stereocenters. The van der Waals surface area contributed by atoms with Crippen molar-refractivity contribution in [2.45, 2.75) is 51.2 Å². The molecule has 2 rings (SSSR count). The van der Waals surface area contributed by atoms with Gasteiger partial charge in [0.1, 0.15) is 5.60 Å². The third kappa shape index (κ3) is 2.80. The second kappa shape index (κ2) is 4.94. The highest BCUT2D eigenvalue weighted by Gasteiger charge is 2.45. The van der Waals surface area contributed by atoms with Crippen LogP contribution < -0.4 is 0 Å². The molecule has 2 heterocycles. The molecule has 1 amide bonds. The van der Waals surface area contributed by atoms with E-state index in [2.05, 4.69) is 0 Å². The number of ether oxygens (including phenoxy) is 1. The number of aliphatic hydroxyl groups is 1. The first-order valence-corrected chi connectivity index (χ1v) is 6.63. The first-order valence-electron chi connectivity index (χ1n) is 6.63. The van der Waals surface area contributed by atoms with Crippen LogP contribution in [0.3, 0.4) is 0 Å². The predicted molar refractivity (Wildman–Crippen MR) is 64.6 cm³/mol. The van der Waals surface area contributed by atoms with Gasteiger partial charge in [-0.15, -0.1) is 0 Å². The number of β-amino-alcohol motifs (C(OH)–C–C–N with tert-alkyl or cyclic N) is 1. The maximum Gasteiger partial charge on any atom is 0.225 e. The molecule has 0 bridgehead atoms. The molecule has 1 unspecified atom stereocenters. The van der Waals surface area contributed by atoms with Crippen LogP contribution >= 0.6 is 0 Å². The highest BCUT2D eigenvalue weighted by Crippen LogP contribution is 2.29. The summed E-state index contributed by atoms with van der Waals surface area (Å²) in [5, 5.41) is 10.1. The Balaban J connectivity index is 1.75. The fraction of sp³-hybridized carbons (Fsp3) is 0.923. The number of carbonyl (C=O) groups excluding carboxylic acids is 1. The van der Waals surface area contributed by atoms with Crippen LogP contribution in [0.15, 0.2) is 0 Å². The molecular formula is C13H23NO3. The fourth-order valence-electron chi connectivity index (χ4n) is 2.45. The Bertz CT molecular complexity index is 278. The van der Waals surface area contributed by atoms with Crippen molar-refractivity contribution < 1.29 is 14.6 Å². The second-order valence-corrected chi connectivity index (χ2v) is 5.70. The minimum Gasteiger partial charge on any atom is -0.386 e. The van der Waals surface area contributed by atoms with Gasteiger partial charge in [0.2, 0.25) is 5.91 Å². The third-order valence-electron chi connectivity index (χ3n) is 4.03. The van der Waals surface area contributed by atoms with Gasteiger partial charge in [0.05, 0.1) is 25.6 Å². The number of amides is 1. The number of carbonyl (C=O) groups is 1. The van der Waals surface area contributed by atoms with E-state index in [9.17, 15) is 9.90 Å². The zero-order chi connectivity index (χ0) is 12.5. The van der Waals surface area contributed by atoms with Crippen LogP contribution in [0.4, 0.5) is 0 Å². The van der Waals surface area contributed by atoms with Crippen LogP contribution in [0.1, 0.15) is 39.5 Å². The smallest absolute Gasteiger partial charge is 0.225 e. The lowest BCUT2D eigenvalue weighted by atomic mass is 9.82. The molecule has 2 aliphatic rings. The number of rotatable bonds is 3. The molecule has 0 saturated carbocycles. The molecular weight excluding hydrogens is 218 g/mol. The van der Waals surface area contributed by atoms with Crippen molar-refractivity contribution in [3.8, 4) is 0 Å². The largest absolute Gasteiger partial charge is 0.386 e. The van der Waals surface area contributed by atoms with Gasteiger partial charge >= 0.3 is 0 Å². The molecule has 1 N–H and O–H groups in total. The fourth-order valence-corrected chi connectivity index (χ4v) is 2.45. The highest BCUT2D eigenvalue weighted by atomic mass is 16.5. The van der Waals surface area contributed by atoms with Crippen molar-refractivity contribution in [3.05, 3.63) is 0 Å². The zero-order valence-electron chi connectivity index (χ0n) is 10.8. The summed E-state index contributed by atoms with van der Waals surface area (Å²) in [6, 6.07) is 0. The van der Waals surface area contributed by atoms with E-state index < -0.39 is 5.60 Å². The first-order chi connectivity index (χ1) is 8.01. The summed E-state index contributed by atoms with van der Waals surface area (Å²) in [7, 11) is 0. The monoisotopic (exact) mass is 241 g/mol. The predicted octanol–water partition coefficient (Wildman–Crippen LogP) is 1.17. The van der Waals surface area contributed by atoms with Crippen LogP contribution in [0.5, 0.6) is 0 Å². The molecule has 0 radical (unpaired) electrons. The minimum absolute atomic E-state index is 0.101. The van der Waals surface area contributed by atoms with Gasteiger partial charge in [-0.3, -0.25) is 4.79 Å². The van der Waals surface area contributed by atoms with Crippen molar-refractivity contribution in [2.24, 2.45) is 5.92 Å². The summed E-state index contributed by atoms with van der Waals surface area (Å²) in [5.41, 5.74) is -0.664. The Morgan fingerprint density at radius 3 is 2.71 bits per heavy atom. The van der Waals surface area contributed by atoms with E-state index in [1.54, 1.807) is 4.90 Å². The van der Waals surface area contributed by atoms with Crippen molar-refractivity contribution in [2.75, 3.05) is 19.7 Å². The van der Waals surface area contributed by atoms with E-state index in [0.717, 1.165) is 25.9 Å². The molecule has 0 spiro atoms. The van der Waals surface area contributed by atoms with Crippen LogP contribution in [-0.4, -0.2) is 47.3 Å². The molecule has 4 nitrogen and oxygen atoms in total. The second-order valence-electron chi connectivity index (χ2n) is 5.70. The molecule has 17 heavy (non-hydrogen) atoms. The first kappa shape index (κ1) is 12.8. The molecule has 2 aliphatic heterocycles. The average molecular weight is 241 g/mol. The SMILES string of the molecule is CC(C)C1(O)CN(C(=O)CC2CCCCO2)C1. The van der Waals surface area contributed by atoms with Crippen molar-refractivity contribution in [3.63, 3.8) is 0 Å². The summed E-state index contributed by atoms with van der Waals surface area (Å²) in [6.07, 6.45) is 3.85. The van der Waals surface area contributed by atoms with Crippen LogP contribution in [0, 0.1) is 5.92 Å². The number of likely N-dealkylation sites (tertiary alicyclic amines) is 1. The summed E-state index contributed by atoms with van der Waals surface area (Å²) >= 11 is 0. The van der Waals surface area contributed by atoms with Crippen molar-refractivity contribution >= 4 is 5.91 Å². The molecule has 98 valence electrons. The van der Waals surface area contributed by atoms with E-state index >= 15 is 0 Å². The van der Waals surface area contributed by atoms with E-state index in [0.29, 0.717) is 19.5 Å². The van der Waals surface area contributed by atoms with E-state index in [4.69, 9.17) is 4.74 Å². The molecule has 0 aromatic carbocycles. The van der Waals surface area contributed by atoms with E-state index in [1.807, 2.05) is 13.8 Å². The standard InChI is InChI=1S/C13H23NO3/c1-10(2)13(16)8-14(9-13)12(15)7-11-5-3-4-6-17-11/h10-11,16H,3-9H2,1-2H3. The summed E-state index contributed by atoms with van der Waals surface area (Å²) < 4.78 is 5.56. The number of hydrogen-bond donors (Lipinski definition) is 1. The van der Waals surface area contributed by atoms with Crippen LogP contribution in [0.25, 0.3) is 0 Å². The van der Waals surface area contributed by atoms with Gasteiger partial charge in [-0.25, -0.2) is 0 Å². The highest BCUT2D eigenvalue weighted by molar-refractivity contribution is 5.78. The third-order valence-corrected chi connectivity index (χ3v) is 4.03. The summed E-state index contributed by atoms with van der Waals surface area (Å²) in [5.74, 6) is 0.333. The summed E-state index contributed by atoms with van der Waals surface area (Å²) in [4.78, 5) is 13.7. The van der Waals surface area contributed by atoms with Gasteiger partial charge in [0.25, 0.3) is 0 Å². The maximum absolute atomic E-state index is 11.9. The Morgan fingerprint density at radius 2 is 2.18 bits per heavy atom. The topological polar surface area (TPSA) is 49.8 Å². The minimum atomic E-state index is -0.664. The Morgan fingerprint density at radius 1 is 1.47 bits per heavy atom. The van der Waals surface area contributed by atoms with Gasteiger partial charge < -0.3 is 14.7 Å². The Kier molecular flexibility index (Phi) is 3.73. The summed E-state index contributed by atoms with van der Waals surface area (Å²) in [6.45, 7) is 5.73. The van der Waals surface area contributed by atoms with Crippen LogP contribution in [-0.2, 0) is 9.53 Å². The molecule has 2 fully saturated rings. The number of nitrogens with zero attached hydrogens (tertiary/aromatic N) is 1. The lowest BCUT2D eigenvalue weighted by molar-refractivity contribution is -0.166. The molecule has 0 aromatic heterocycles. The van der Waals surface area contributed by atoms with Gasteiger partial charge in [0, 0.05) is 6.61 Å². The lowest BCUT2D eigenvalue weighted by Crippen LogP contribution is -2.66. The Hall–Kier alpha value is -0.610. The van der Waals surface area contributed by atoms with Crippen molar-refractivity contribution in [1.82, 2.24) is 4.90 Å². The van der Waals surface area contributed by atoms with E-state index in [-0.39, 0.29) is 17.9 Å². The van der Waals surface area contributed by atoms with Crippen LogP contribution in [0.2, 0.25) is 0 Å². The molecule has 0 aromatic rings. The number of hydrogen-bond acceptors (Lipinski definition) is 3.